The van der Waals surface area contributed by atoms with Crippen LogP contribution in [-0.2, 0) is 44.4 Å². The molecule has 1 atom stereocenters. The van der Waals surface area contributed by atoms with E-state index in [4.69, 9.17) is 34.2 Å². The summed E-state index contributed by atoms with van der Waals surface area (Å²) in [5.41, 5.74) is 3.74. The Morgan fingerprint density at radius 1 is 0.960 bits per heavy atom. The van der Waals surface area contributed by atoms with Gasteiger partial charge in [0.15, 0.2) is 19.2 Å². The monoisotopic (exact) mass is 737 g/mol. The first-order valence-electron chi connectivity index (χ1n) is 16.6. The minimum atomic E-state index is -5.48. The molecule has 0 radical (unpaired) electrons. The Hall–Kier alpha value is -3.31. The first-order chi connectivity index (χ1) is 24.0. The van der Waals surface area contributed by atoms with Crippen LogP contribution in [0.1, 0.15) is 71.1 Å². The minimum absolute atomic E-state index is 0.0142. The van der Waals surface area contributed by atoms with Crippen LogP contribution in [0.2, 0.25) is 0 Å². The number of carbonyl (C=O) groups excluding carboxylic acids is 2. The van der Waals surface area contributed by atoms with E-state index in [2.05, 4.69) is 15.0 Å². The maximum absolute atomic E-state index is 13.0. The number of fused-ring (bicyclic) bond motifs is 1. The number of ether oxygens (including phenoxy) is 6. The SMILES string of the molecule is COc1ccc(Sc2nc(N)nc3c2ncn3CC(C)OC(OCOC(=O)C2CCCCC2)(OCOC(=O)C2CCCCC2)P(=O)(O)O)cc1. The molecular weight excluding hydrogens is 693 g/mol. The summed E-state index contributed by atoms with van der Waals surface area (Å²) < 4.78 is 47.1. The third-order valence-electron chi connectivity index (χ3n) is 8.65. The van der Waals surface area contributed by atoms with E-state index in [0.717, 1.165) is 43.4 Å². The molecule has 0 saturated heterocycles. The molecule has 0 amide bonds. The fourth-order valence-corrected chi connectivity index (χ4v) is 7.68. The molecule has 0 bridgehead atoms. The standard InChI is InChI=1S/C32H44N5O11PS/c1-21(17-37-18-34-26-27(37)35-31(33)36-28(26)50-25-15-13-24(43-2)14-16-25)48-32(49(40,41)42,46-19-44-29(38)22-9-5-3-6-10-22)47-20-45-30(39)23-11-7-4-8-12-23/h13-16,18,21-23H,3-12,17,19-20H2,1-2H3,(H2,33,35,36)(H2,40,41,42). The maximum Gasteiger partial charge on any atom is 0.415 e. The van der Waals surface area contributed by atoms with Crippen molar-refractivity contribution in [3.05, 3.63) is 30.6 Å². The number of esters is 2. The van der Waals surface area contributed by atoms with Crippen LogP contribution in [0.5, 0.6) is 5.75 Å². The van der Waals surface area contributed by atoms with E-state index in [1.165, 1.54) is 25.0 Å². The van der Waals surface area contributed by atoms with Crippen molar-refractivity contribution in [1.82, 2.24) is 19.5 Å². The summed E-state index contributed by atoms with van der Waals surface area (Å²) in [6.07, 6.45) is 8.58. The lowest BCUT2D eigenvalue weighted by Crippen LogP contribution is -2.44. The van der Waals surface area contributed by atoms with Crippen LogP contribution in [0, 0.1) is 11.8 Å². The zero-order valence-corrected chi connectivity index (χ0v) is 29.8. The van der Waals surface area contributed by atoms with Crippen molar-refractivity contribution in [2.45, 2.75) is 99.4 Å². The summed E-state index contributed by atoms with van der Waals surface area (Å²) in [6, 6.07) is 7.35. The van der Waals surface area contributed by atoms with E-state index in [-0.39, 0.29) is 24.3 Å². The number of nitrogens with zero attached hydrogens (tertiary/aromatic N) is 4. The molecule has 2 fully saturated rings. The molecular formula is C32H44N5O11PS. The molecule has 274 valence electrons. The number of hydrogen-bond donors (Lipinski definition) is 3. The molecule has 50 heavy (non-hydrogen) atoms. The molecule has 16 nitrogen and oxygen atoms in total. The van der Waals surface area contributed by atoms with Crippen LogP contribution in [0.3, 0.4) is 0 Å². The molecule has 2 aliphatic carbocycles. The van der Waals surface area contributed by atoms with Crippen molar-refractivity contribution in [1.29, 1.82) is 0 Å². The molecule has 5 rings (SSSR count). The van der Waals surface area contributed by atoms with Crippen molar-refractivity contribution >= 4 is 48.4 Å². The van der Waals surface area contributed by atoms with Gasteiger partial charge in [0.2, 0.25) is 5.95 Å². The van der Waals surface area contributed by atoms with Crippen LogP contribution < -0.4 is 10.5 Å². The fourth-order valence-electron chi connectivity index (χ4n) is 6.05. The Morgan fingerprint density at radius 3 is 2.04 bits per heavy atom. The fraction of sp³-hybridized carbons (Fsp3) is 0.594. The van der Waals surface area contributed by atoms with Crippen LogP contribution in [0.15, 0.2) is 40.5 Å². The number of hydrogen-bond acceptors (Lipinski definition) is 14. The van der Waals surface area contributed by atoms with E-state index >= 15 is 0 Å². The average molecular weight is 738 g/mol. The molecule has 2 saturated carbocycles. The normalized spacial score (nSPS) is 17.0. The number of nitrogens with two attached hydrogens (primary N) is 1. The second-order valence-electron chi connectivity index (χ2n) is 12.4. The summed E-state index contributed by atoms with van der Waals surface area (Å²) in [4.78, 5) is 60.4. The highest BCUT2D eigenvalue weighted by Gasteiger charge is 2.54. The zero-order chi connectivity index (χ0) is 35.7. The van der Waals surface area contributed by atoms with Crippen molar-refractivity contribution in [2.75, 3.05) is 26.4 Å². The number of aromatic nitrogens is 4. The van der Waals surface area contributed by atoms with Gasteiger partial charge in [0, 0.05) is 4.90 Å². The predicted octanol–water partition coefficient (Wildman–Crippen LogP) is 4.96. The Labute approximate surface area is 293 Å². The second kappa shape index (κ2) is 17.3. The third-order valence-corrected chi connectivity index (χ3v) is 10.7. The summed E-state index contributed by atoms with van der Waals surface area (Å²) in [6.45, 7) is -0.304. The van der Waals surface area contributed by atoms with Gasteiger partial charge >= 0.3 is 25.2 Å². The molecule has 2 aliphatic rings. The van der Waals surface area contributed by atoms with Gasteiger partial charge in [-0.2, -0.15) is 4.98 Å². The summed E-state index contributed by atoms with van der Waals surface area (Å²) in [5, 5.41) is 0.487. The highest BCUT2D eigenvalue weighted by atomic mass is 32.2. The Kier molecular flexibility index (Phi) is 13.1. The van der Waals surface area contributed by atoms with Crippen molar-refractivity contribution < 1.29 is 52.4 Å². The molecule has 2 aromatic heterocycles. The van der Waals surface area contributed by atoms with Gasteiger partial charge in [-0.05, 0) is 56.9 Å². The molecule has 0 aliphatic heterocycles. The van der Waals surface area contributed by atoms with Crippen LogP contribution in [0.25, 0.3) is 11.2 Å². The number of methoxy groups -OCH3 is 1. The molecule has 1 aromatic carbocycles. The molecule has 3 aromatic rings. The lowest BCUT2D eigenvalue weighted by atomic mass is 9.89. The topological polar surface area (TPSA) is 217 Å². The summed E-state index contributed by atoms with van der Waals surface area (Å²) in [5.74, 6) is -1.10. The predicted molar refractivity (Wildman–Crippen MR) is 179 cm³/mol. The number of nitrogen functional groups attached to an aromatic ring is 1. The van der Waals surface area contributed by atoms with Gasteiger partial charge in [-0.15, -0.1) is 0 Å². The van der Waals surface area contributed by atoms with Gasteiger partial charge in [0.25, 0.3) is 0 Å². The van der Waals surface area contributed by atoms with E-state index in [1.807, 2.05) is 24.3 Å². The average Bonchev–Trinajstić information content (AvgIpc) is 3.50. The maximum atomic E-state index is 13.0. The van der Waals surface area contributed by atoms with Gasteiger partial charge in [-0.3, -0.25) is 23.6 Å². The van der Waals surface area contributed by atoms with Crippen molar-refractivity contribution in [3.63, 3.8) is 0 Å². The number of anilines is 1. The number of benzene rings is 1. The summed E-state index contributed by atoms with van der Waals surface area (Å²) in [7, 11) is -3.90. The molecule has 4 N–H and O–H groups in total. The highest BCUT2D eigenvalue weighted by molar-refractivity contribution is 7.99. The van der Waals surface area contributed by atoms with Crippen molar-refractivity contribution in [3.8, 4) is 5.75 Å². The van der Waals surface area contributed by atoms with E-state index < -0.39 is 44.9 Å². The van der Waals surface area contributed by atoms with Crippen LogP contribution >= 0.6 is 19.4 Å². The van der Waals surface area contributed by atoms with Gasteiger partial charge in [-0.25, -0.2) is 9.97 Å². The molecule has 2 heterocycles. The van der Waals surface area contributed by atoms with Gasteiger partial charge < -0.3 is 39.0 Å². The molecule has 18 heteroatoms. The molecule has 1 unspecified atom stereocenters. The smallest absolute Gasteiger partial charge is 0.415 e. The number of rotatable bonds is 16. The Balaban J connectivity index is 1.32. The van der Waals surface area contributed by atoms with E-state index in [1.54, 1.807) is 11.7 Å². The lowest BCUT2D eigenvalue weighted by molar-refractivity contribution is -0.376. The first kappa shape index (κ1) is 37.9. The lowest BCUT2D eigenvalue weighted by Gasteiger charge is -2.35. The van der Waals surface area contributed by atoms with E-state index in [9.17, 15) is 23.9 Å². The zero-order valence-electron chi connectivity index (χ0n) is 28.1. The van der Waals surface area contributed by atoms with Gasteiger partial charge in [-0.1, -0.05) is 50.3 Å². The van der Waals surface area contributed by atoms with Crippen molar-refractivity contribution in [2.24, 2.45) is 11.8 Å². The Bertz CT molecular complexity index is 1610. The largest absolute Gasteiger partial charge is 0.497 e. The minimum Gasteiger partial charge on any atom is -0.497 e. The molecule has 0 spiro atoms. The third kappa shape index (κ3) is 9.72. The van der Waals surface area contributed by atoms with Gasteiger partial charge in [0.1, 0.15) is 16.3 Å². The van der Waals surface area contributed by atoms with Crippen LogP contribution in [-0.4, -0.2) is 73.8 Å². The Morgan fingerprint density at radius 2 is 1.52 bits per heavy atom. The second-order valence-corrected chi connectivity index (χ2v) is 15.0. The first-order valence-corrected chi connectivity index (χ1v) is 19.1. The number of carbonyl (C=O) groups is 2. The van der Waals surface area contributed by atoms with Gasteiger partial charge in [0.05, 0.1) is 37.9 Å². The highest BCUT2D eigenvalue weighted by Crippen LogP contribution is 2.53. The number of imidazole rings is 1. The summed E-state index contributed by atoms with van der Waals surface area (Å²) >= 11 is 1.32. The van der Waals surface area contributed by atoms with E-state index in [0.29, 0.717) is 47.6 Å². The quantitative estimate of drug-likeness (QED) is 0.0766. The van der Waals surface area contributed by atoms with Crippen LogP contribution in [0.4, 0.5) is 5.95 Å².